The second kappa shape index (κ2) is 11.2. The maximum absolute atomic E-state index is 12.4. The Balaban J connectivity index is 1.81. The molecule has 0 heterocycles. The third-order valence-corrected chi connectivity index (χ3v) is 6.37. The molecule has 1 aliphatic carbocycles. The van der Waals surface area contributed by atoms with Crippen LogP contribution in [0.25, 0.3) is 0 Å². The van der Waals surface area contributed by atoms with Gasteiger partial charge < -0.3 is 20.9 Å². The van der Waals surface area contributed by atoms with Gasteiger partial charge in [-0.25, -0.2) is 4.99 Å². The molecule has 0 spiro atoms. The molecule has 1 fully saturated rings. The van der Waals surface area contributed by atoms with Gasteiger partial charge >= 0.3 is 12.3 Å². The van der Waals surface area contributed by atoms with Gasteiger partial charge in [0.2, 0.25) is 0 Å². The van der Waals surface area contributed by atoms with E-state index in [-0.39, 0.29) is 23.5 Å². The summed E-state index contributed by atoms with van der Waals surface area (Å²) in [6.07, 6.45) is -0.0942. The van der Waals surface area contributed by atoms with Crippen LogP contribution in [0.2, 0.25) is 0 Å². The van der Waals surface area contributed by atoms with Crippen LogP contribution in [-0.4, -0.2) is 23.4 Å². The number of anilines is 1. The first-order valence-electron chi connectivity index (χ1n) is 12.1. The molecule has 36 heavy (non-hydrogen) atoms. The van der Waals surface area contributed by atoms with E-state index in [1.165, 1.54) is 30.7 Å². The van der Waals surface area contributed by atoms with E-state index in [1.807, 2.05) is 18.2 Å². The number of carboxylic acid groups (broad SMARTS) is 1. The number of carbonyl (C=O) groups is 1. The zero-order valence-corrected chi connectivity index (χ0v) is 20.9. The maximum atomic E-state index is 12.4. The molecule has 1 saturated carbocycles. The number of aryl methyl sites for hydroxylation is 1. The van der Waals surface area contributed by atoms with Gasteiger partial charge in [-0.2, -0.15) is 0 Å². The van der Waals surface area contributed by atoms with Crippen LogP contribution in [-0.2, 0) is 17.6 Å². The van der Waals surface area contributed by atoms with Gasteiger partial charge in [0.05, 0.1) is 5.69 Å². The average Bonchev–Trinajstić information content (AvgIpc) is 2.72. The molecule has 0 saturated heterocycles. The third-order valence-electron chi connectivity index (χ3n) is 6.37. The van der Waals surface area contributed by atoms with E-state index in [2.05, 4.69) is 35.8 Å². The van der Waals surface area contributed by atoms with Crippen LogP contribution in [0.5, 0.6) is 5.75 Å². The Morgan fingerprint density at radius 3 is 2.50 bits per heavy atom. The van der Waals surface area contributed by atoms with Crippen LogP contribution in [0.4, 0.5) is 24.5 Å². The van der Waals surface area contributed by atoms with E-state index in [1.54, 1.807) is 0 Å². The second-order valence-electron chi connectivity index (χ2n) is 10.5. The number of ether oxygens (including phenoxy) is 1. The van der Waals surface area contributed by atoms with Crippen LogP contribution < -0.4 is 15.8 Å². The van der Waals surface area contributed by atoms with Crippen LogP contribution >= 0.6 is 0 Å². The first-order valence-corrected chi connectivity index (χ1v) is 12.1. The summed E-state index contributed by atoms with van der Waals surface area (Å²) < 4.78 is 41.0. The molecule has 3 rings (SSSR count). The van der Waals surface area contributed by atoms with Gasteiger partial charge in [0.1, 0.15) is 5.75 Å². The van der Waals surface area contributed by atoms with Crippen molar-refractivity contribution in [2.24, 2.45) is 28.0 Å². The fourth-order valence-corrected chi connectivity index (χ4v) is 5.35. The zero-order chi connectivity index (χ0) is 26.5. The number of benzene rings is 2. The lowest BCUT2D eigenvalue weighted by molar-refractivity contribution is -0.274. The molecular formula is C27H34F3N3O3. The van der Waals surface area contributed by atoms with Crippen molar-refractivity contribution in [3.63, 3.8) is 0 Å². The third kappa shape index (κ3) is 8.77. The molecule has 0 aliphatic heterocycles. The van der Waals surface area contributed by atoms with Gasteiger partial charge in [0, 0.05) is 12.1 Å². The number of rotatable bonds is 8. The summed E-state index contributed by atoms with van der Waals surface area (Å²) in [5, 5.41) is 11.9. The number of guanidine groups is 1. The summed E-state index contributed by atoms with van der Waals surface area (Å²) in [6, 6.07) is 11.0. The molecule has 1 aliphatic rings. The topological polar surface area (TPSA) is 96.9 Å². The van der Waals surface area contributed by atoms with Gasteiger partial charge in [-0.15, -0.1) is 13.2 Å². The summed E-state index contributed by atoms with van der Waals surface area (Å²) >= 11 is 0. The zero-order valence-electron chi connectivity index (χ0n) is 20.9. The minimum Gasteiger partial charge on any atom is -0.481 e. The summed E-state index contributed by atoms with van der Waals surface area (Å²) in [5.41, 5.74) is 9.42. The number of halogens is 3. The summed E-state index contributed by atoms with van der Waals surface area (Å²) in [7, 11) is 0. The van der Waals surface area contributed by atoms with E-state index in [4.69, 9.17) is 10.8 Å². The van der Waals surface area contributed by atoms with E-state index in [0.29, 0.717) is 29.6 Å². The Bertz CT molecular complexity index is 1080. The van der Waals surface area contributed by atoms with Crippen LogP contribution in [0.3, 0.4) is 0 Å². The van der Waals surface area contributed by atoms with E-state index >= 15 is 0 Å². The maximum Gasteiger partial charge on any atom is 0.573 e. The molecule has 0 bridgehead atoms. The number of aliphatic imine (C=N–C) groups is 1. The Labute approximate surface area is 209 Å². The lowest BCUT2D eigenvalue weighted by Gasteiger charge is -2.39. The predicted molar refractivity (Wildman–Crippen MR) is 134 cm³/mol. The van der Waals surface area contributed by atoms with Crippen molar-refractivity contribution in [1.82, 2.24) is 0 Å². The van der Waals surface area contributed by atoms with E-state index in [9.17, 15) is 18.0 Å². The van der Waals surface area contributed by atoms with Crippen LogP contribution in [0.1, 0.15) is 57.6 Å². The molecule has 0 aromatic heterocycles. The lowest BCUT2D eigenvalue weighted by atomic mass is 9.66. The molecule has 6 nitrogen and oxygen atoms in total. The fourth-order valence-electron chi connectivity index (χ4n) is 5.35. The molecule has 2 atom stereocenters. The van der Waals surface area contributed by atoms with E-state index in [0.717, 1.165) is 30.4 Å². The van der Waals surface area contributed by atoms with E-state index < -0.39 is 12.3 Å². The first-order chi connectivity index (χ1) is 16.8. The monoisotopic (exact) mass is 505 g/mol. The molecule has 196 valence electrons. The fraction of sp³-hybridized carbons (Fsp3) is 0.481. The van der Waals surface area contributed by atoms with Gasteiger partial charge in [-0.1, -0.05) is 32.9 Å². The highest BCUT2D eigenvalue weighted by molar-refractivity contribution is 5.94. The molecule has 0 unspecified atom stereocenters. The number of carboxylic acids is 1. The van der Waals surface area contributed by atoms with Crippen molar-refractivity contribution in [3.05, 3.63) is 53.6 Å². The molecule has 2 aromatic rings. The minimum atomic E-state index is -4.76. The standard InChI is InChI=1S/C27H34F3N3O3/c1-17-12-19(16-26(2,3)15-17)13-20-6-4-18(5-11-24(34)35)14-23(20)33-25(31)32-21-7-9-22(10-8-21)36-27(28,29)30/h4,6-10,14,17,19H,5,11-13,15-16H2,1-3H3,(H,34,35)(H3,31,32,33)/t17-,19-/m1/s1. The van der Waals surface area contributed by atoms with Gasteiger partial charge in [0.15, 0.2) is 5.96 Å². The molecule has 9 heteroatoms. The highest BCUT2D eigenvalue weighted by Crippen LogP contribution is 2.43. The molecule has 2 aromatic carbocycles. The molecule has 0 radical (unpaired) electrons. The molecule has 4 N–H and O–H groups in total. The van der Waals surface area contributed by atoms with Crippen LogP contribution in [0, 0.1) is 17.3 Å². The van der Waals surface area contributed by atoms with Crippen molar-refractivity contribution < 1.29 is 27.8 Å². The van der Waals surface area contributed by atoms with Crippen molar-refractivity contribution in [3.8, 4) is 5.75 Å². The predicted octanol–water partition coefficient (Wildman–Crippen LogP) is 6.67. The van der Waals surface area contributed by atoms with Crippen molar-refractivity contribution in [2.45, 2.75) is 65.7 Å². The Hall–Kier alpha value is -3.23. The number of nitrogens with one attached hydrogen (secondary N) is 1. The van der Waals surface area contributed by atoms with Crippen LogP contribution in [0.15, 0.2) is 47.5 Å². The Morgan fingerprint density at radius 2 is 1.89 bits per heavy atom. The van der Waals surface area contributed by atoms with Crippen molar-refractivity contribution in [1.29, 1.82) is 0 Å². The summed E-state index contributed by atoms with van der Waals surface area (Å²) in [5.74, 6) is 0.00580. The first kappa shape index (κ1) is 27.4. The van der Waals surface area contributed by atoms with Gasteiger partial charge in [0.25, 0.3) is 0 Å². The molecular weight excluding hydrogens is 471 g/mol. The van der Waals surface area contributed by atoms with Gasteiger partial charge in [-0.3, -0.25) is 4.79 Å². The van der Waals surface area contributed by atoms with Crippen molar-refractivity contribution in [2.75, 3.05) is 5.32 Å². The lowest BCUT2D eigenvalue weighted by Crippen LogP contribution is -2.28. The SMILES string of the molecule is C[C@@H]1C[C@H](Cc2ccc(CCC(=O)O)cc2/N=C(\N)Nc2ccc(OC(F)(F)F)cc2)CC(C)(C)C1. The summed E-state index contributed by atoms with van der Waals surface area (Å²) in [6.45, 7) is 6.89. The Morgan fingerprint density at radius 1 is 1.19 bits per heavy atom. The number of nitrogens with zero attached hydrogens (tertiary/aromatic N) is 1. The number of aliphatic carboxylic acids is 1. The Kier molecular flexibility index (Phi) is 8.53. The van der Waals surface area contributed by atoms with Crippen molar-refractivity contribution >= 4 is 23.3 Å². The minimum absolute atomic E-state index is 0.0108. The highest BCUT2D eigenvalue weighted by Gasteiger charge is 2.32. The average molecular weight is 506 g/mol. The number of hydrogen-bond donors (Lipinski definition) is 3. The summed E-state index contributed by atoms with van der Waals surface area (Å²) in [4.78, 5) is 15.6. The second-order valence-corrected chi connectivity index (χ2v) is 10.5. The van der Waals surface area contributed by atoms with Gasteiger partial charge in [-0.05, 0) is 90.8 Å². The molecule has 0 amide bonds. The quantitative estimate of drug-likeness (QED) is 0.275. The normalized spacial score (nSPS) is 20.1. The largest absolute Gasteiger partial charge is 0.573 e. The smallest absolute Gasteiger partial charge is 0.481 e. The highest BCUT2D eigenvalue weighted by atomic mass is 19.4. The number of nitrogens with two attached hydrogens (primary N) is 1. The number of hydrogen-bond acceptors (Lipinski definition) is 3. The number of alkyl halides is 3.